The molecule has 0 saturated carbocycles. The van der Waals surface area contributed by atoms with Crippen LogP contribution in [-0.4, -0.2) is 35.1 Å². The first-order valence-electron chi connectivity index (χ1n) is 6.30. The average molecular weight is 257 g/mol. The van der Waals surface area contributed by atoms with Crippen molar-refractivity contribution in [3.05, 3.63) is 46.7 Å². The van der Waals surface area contributed by atoms with Gasteiger partial charge in [0.1, 0.15) is 0 Å². The van der Waals surface area contributed by atoms with Crippen molar-refractivity contribution in [1.29, 1.82) is 0 Å². The molecule has 19 heavy (non-hydrogen) atoms. The van der Waals surface area contributed by atoms with Gasteiger partial charge in [0.05, 0.1) is 5.39 Å². The lowest BCUT2D eigenvalue weighted by molar-refractivity contribution is 0.380. The molecule has 2 aromatic rings. The predicted octanol–water partition coefficient (Wildman–Crippen LogP) is 1.91. The van der Waals surface area contributed by atoms with E-state index < -0.39 is 0 Å². The molecule has 2 aromatic heterocycles. The van der Waals surface area contributed by atoms with Crippen LogP contribution in [0.4, 0.5) is 0 Å². The number of hydrogen-bond donors (Lipinski definition) is 0. The fourth-order valence-corrected chi connectivity index (χ4v) is 2.27. The van der Waals surface area contributed by atoms with Gasteiger partial charge in [-0.1, -0.05) is 6.58 Å². The van der Waals surface area contributed by atoms with E-state index in [0.717, 1.165) is 23.2 Å². The van der Waals surface area contributed by atoms with E-state index in [1.165, 1.54) is 0 Å². The zero-order valence-corrected chi connectivity index (χ0v) is 11.7. The molecule has 0 atom stereocenters. The highest BCUT2D eigenvalue weighted by atomic mass is 16.1. The zero-order valence-electron chi connectivity index (χ0n) is 11.7. The molecule has 100 valence electrons. The van der Waals surface area contributed by atoms with Crippen molar-refractivity contribution in [2.45, 2.75) is 13.5 Å². The SMILES string of the molecule is C=Cc1c(C)c2ccncc2c(=O)n1CCN(C)C. The van der Waals surface area contributed by atoms with E-state index in [-0.39, 0.29) is 5.56 Å². The van der Waals surface area contributed by atoms with Gasteiger partial charge in [-0.25, -0.2) is 0 Å². The van der Waals surface area contributed by atoms with Gasteiger partial charge in [-0.15, -0.1) is 0 Å². The minimum Gasteiger partial charge on any atom is -0.308 e. The second kappa shape index (κ2) is 5.36. The summed E-state index contributed by atoms with van der Waals surface area (Å²) in [6.07, 6.45) is 5.11. The van der Waals surface area contributed by atoms with Crippen LogP contribution in [0.2, 0.25) is 0 Å². The van der Waals surface area contributed by atoms with Crippen LogP contribution in [0.1, 0.15) is 11.3 Å². The summed E-state index contributed by atoms with van der Waals surface area (Å²) in [6, 6.07) is 1.88. The quantitative estimate of drug-likeness (QED) is 0.839. The van der Waals surface area contributed by atoms with Crippen molar-refractivity contribution in [2.75, 3.05) is 20.6 Å². The Bertz CT molecular complexity index is 671. The molecular formula is C15H19N3O. The number of nitrogens with zero attached hydrogens (tertiary/aromatic N) is 3. The maximum absolute atomic E-state index is 12.5. The van der Waals surface area contributed by atoms with Crippen LogP contribution in [0.15, 0.2) is 29.8 Å². The van der Waals surface area contributed by atoms with Crippen LogP contribution in [-0.2, 0) is 6.54 Å². The predicted molar refractivity (Wildman–Crippen MR) is 79.4 cm³/mol. The molecule has 0 spiro atoms. The summed E-state index contributed by atoms with van der Waals surface area (Å²) in [5.74, 6) is 0. The topological polar surface area (TPSA) is 38.1 Å². The number of fused-ring (bicyclic) bond motifs is 1. The molecule has 0 radical (unpaired) electrons. The molecule has 0 aliphatic carbocycles. The van der Waals surface area contributed by atoms with Crippen molar-refractivity contribution in [1.82, 2.24) is 14.5 Å². The Kier molecular flexibility index (Phi) is 3.81. The third-order valence-electron chi connectivity index (χ3n) is 3.34. The second-order valence-corrected chi connectivity index (χ2v) is 4.90. The third kappa shape index (κ3) is 2.44. The highest BCUT2D eigenvalue weighted by Gasteiger charge is 2.11. The second-order valence-electron chi connectivity index (χ2n) is 4.90. The van der Waals surface area contributed by atoms with Crippen LogP contribution >= 0.6 is 0 Å². The number of aromatic nitrogens is 2. The van der Waals surface area contributed by atoms with Gasteiger partial charge in [0, 0.05) is 31.2 Å². The van der Waals surface area contributed by atoms with Gasteiger partial charge in [-0.3, -0.25) is 9.78 Å². The lowest BCUT2D eigenvalue weighted by atomic mass is 10.1. The molecule has 0 saturated heterocycles. The highest BCUT2D eigenvalue weighted by Crippen LogP contribution is 2.18. The van der Waals surface area contributed by atoms with Crippen LogP contribution in [0.25, 0.3) is 16.8 Å². The smallest absolute Gasteiger partial charge is 0.260 e. The molecule has 0 N–H and O–H groups in total. The van der Waals surface area contributed by atoms with Crippen molar-refractivity contribution in [3.8, 4) is 0 Å². The number of likely N-dealkylation sites (N-methyl/N-ethyl adjacent to an activating group) is 1. The van der Waals surface area contributed by atoms with Gasteiger partial charge in [0.25, 0.3) is 5.56 Å². The maximum atomic E-state index is 12.5. The average Bonchev–Trinajstić information content (AvgIpc) is 2.41. The fraction of sp³-hybridized carbons (Fsp3) is 0.333. The highest BCUT2D eigenvalue weighted by molar-refractivity contribution is 5.86. The van der Waals surface area contributed by atoms with E-state index in [2.05, 4.69) is 16.5 Å². The normalized spacial score (nSPS) is 11.2. The minimum absolute atomic E-state index is 0.00505. The Labute approximate surface area is 113 Å². The van der Waals surface area contributed by atoms with Crippen LogP contribution < -0.4 is 5.56 Å². The molecule has 0 fully saturated rings. The third-order valence-corrected chi connectivity index (χ3v) is 3.34. The van der Waals surface area contributed by atoms with Gasteiger partial charge in [0.15, 0.2) is 0 Å². The molecule has 2 heterocycles. The summed E-state index contributed by atoms with van der Waals surface area (Å²) >= 11 is 0. The fourth-order valence-electron chi connectivity index (χ4n) is 2.27. The first kappa shape index (κ1) is 13.5. The van der Waals surface area contributed by atoms with E-state index in [0.29, 0.717) is 11.9 Å². The van der Waals surface area contributed by atoms with Gasteiger partial charge in [-0.2, -0.15) is 0 Å². The van der Waals surface area contributed by atoms with Crippen molar-refractivity contribution in [2.24, 2.45) is 0 Å². The summed E-state index contributed by atoms with van der Waals surface area (Å²) in [7, 11) is 3.99. The van der Waals surface area contributed by atoms with E-state index in [9.17, 15) is 4.79 Å². The Hall–Kier alpha value is -1.94. The molecule has 4 heteroatoms. The summed E-state index contributed by atoms with van der Waals surface area (Å²) in [4.78, 5) is 18.6. The van der Waals surface area contributed by atoms with Gasteiger partial charge in [0.2, 0.25) is 0 Å². The van der Waals surface area contributed by atoms with E-state index >= 15 is 0 Å². The van der Waals surface area contributed by atoms with Crippen LogP contribution in [0, 0.1) is 6.92 Å². The summed E-state index contributed by atoms with van der Waals surface area (Å²) in [6.45, 7) is 7.32. The van der Waals surface area contributed by atoms with Crippen molar-refractivity contribution in [3.63, 3.8) is 0 Å². The molecule has 4 nitrogen and oxygen atoms in total. The first-order chi connectivity index (χ1) is 9.06. The van der Waals surface area contributed by atoms with E-state index in [1.807, 2.05) is 27.1 Å². The molecule has 0 unspecified atom stereocenters. The monoisotopic (exact) mass is 257 g/mol. The lowest BCUT2D eigenvalue weighted by Gasteiger charge is -2.17. The van der Waals surface area contributed by atoms with Crippen LogP contribution in [0.5, 0.6) is 0 Å². The molecule has 2 rings (SSSR count). The number of rotatable bonds is 4. The summed E-state index contributed by atoms with van der Waals surface area (Å²) < 4.78 is 1.78. The minimum atomic E-state index is 0.00505. The van der Waals surface area contributed by atoms with Crippen molar-refractivity contribution >= 4 is 16.8 Å². The Morgan fingerprint density at radius 1 is 1.42 bits per heavy atom. The Morgan fingerprint density at radius 2 is 2.16 bits per heavy atom. The van der Waals surface area contributed by atoms with Crippen LogP contribution in [0.3, 0.4) is 0 Å². The van der Waals surface area contributed by atoms with Crippen molar-refractivity contribution < 1.29 is 0 Å². The van der Waals surface area contributed by atoms with E-state index in [4.69, 9.17) is 0 Å². The maximum Gasteiger partial charge on any atom is 0.260 e. The molecule has 0 aliphatic rings. The summed E-state index contributed by atoms with van der Waals surface area (Å²) in [5.41, 5.74) is 1.97. The number of pyridine rings is 2. The molecular weight excluding hydrogens is 238 g/mol. The molecule has 0 aromatic carbocycles. The Morgan fingerprint density at radius 3 is 2.79 bits per heavy atom. The summed E-state index contributed by atoms with van der Waals surface area (Å²) in [5, 5.41) is 1.63. The van der Waals surface area contributed by atoms with Gasteiger partial charge < -0.3 is 9.47 Å². The van der Waals surface area contributed by atoms with Gasteiger partial charge in [-0.05, 0) is 44.1 Å². The molecule has 0 aliphatic heterocycles. The molecule has 0 bridgehead atoms. The number of aryl methyl sites for hydroxylation is 1. The Balaban J connectivity index is 2.71. The lowest BCUT2D eigenvalue weighted by Crippen LogP contribution is -2.29. The molecule has 0 amide bonds. The number of hydrogen-bond acceptors (Lipinski definition) is 3. The van der Waals surface area contributed by atoms with Gasteiger partial charge >= 0.3 is 0 Å². The first-order valence-corrected chi connectivity index (χ1v) is 6.30. The standard InChI is InChI=1S/C15H19N3O/c1-5-14-11(2)12-6-7-16-10-13(12)15(19)18(14)9-8-17(3)4/h5-7,10H,1,8-9H2,2-4H3. The zero-order chi connectivity index (χ0) is 14.0. The van der Waals surface area contributed by atoms with E-state index in [1.54, 1.807) is 23.0 Å². The largest absolute Gasteiger partial charge is 0.308 e.